The Labute approximate surface area is 188 Å². The third-order valence-electron chi connectivity index (χ3n) is 5.15. The molecule has 0 saturated carbocycles. The summed E-state index contributed by atoms with van der Waals surface area (Å²) in [5, 5.41) is 2.84. The second-order valence-electron chi connectivity index (χ2n) is 7.08. The summed E-state index contributed by atoms with van der Waals surface area (Å²) >= 11 is 0. The molecule has 32 heavy (non-hydrogen) atoms. The van der Waals surface area contributed by atoms with Gasteiger partial charge >= 0.3 is 0 Å². The van der Waals surface area contributed by atoms with E-state index in [1.807, 2.05) is 4.57 Å². The lowest BCUT2D eigenvalue weighted by molar-refractivity contribution is -0.116. The third-order valence-corrected chi connectivity index (χ3v) is 7.20. The first-order chi connectivity index (χ1) is 15.3. The minimum absolute atomic E-state index is 0.178. The largest absolute Gasteiger partial charge is 0.497 e. The monoisotopic (exact) mass is 460 g/mol. The number of amides is 1. The fourth-order valence-corrected chi connectivity index (χ4v) is 4.90. The Kier molecular flexibility index (Phi) is 7.37. The lowest BCUT2D eigenvalue weighted by Crippen LogP contribution is -2.30. The minimum atomic E-state index is -3.56. The van der Waals surface area contributed by atoms with Crippen molar-refractivity contribution in [2.45, 2.75) is 31.7 Å². The van der Waals surface area contributed by atoms with Crippen LogP contribution in [0.15, 0.2) is 47.6 Å². The van der Waals surface area contributed by atoms with Crippen LogP contribution >= 0.6 is 0 Å². The van der Waals surface area contributed by atoms with Gasteiger partial charge in [0.2, 0.25) is 15.9 Å². The van der Waals surface area contributed by atoms with Crippen molar-refractivity contribution in [2.75, 3.05) is 32.6 Å². The zero-order valence-corrected chi connectivity index (χ0v) is 19.5. The number of aryl methyl sites for hydroxylation is 1. The molecule has 1 N–H and O–H groups in total. The Hall–Kier alpha value is -3.11. The van der Waals surface area contributed by atoms with Crippen LogP contribution in [0, 0.1) is 0 Å². The molecule has 9 nitrogen and oxygen atoms in total. The fourth-order valence-electron chi connectivity index (χ4n) is 3.42. The molecule has 0 aliphatic heterocycles. The second-order valence-corrected chi connectivity index (χ2v) is 9.02. The van der Waals surface area contributed by atoms with E-state index < -0.39 is 10.0 Å². The van der Waals surface area contributed by atoms with Crippen LogP contribution in [0.4, 0.5) is 5.69 Å². The molecule has 10 heteroatoms. The van der Waals surface area contributed by atoms with Crippen molar-refractivity contribution < 1.29 is 22.7 Å². The van der Waals surface area contributed by atoms with Gasteiger partial charge in [-0.3, -0.25) is 4.79 Å². The molecule has 1 amide bonds. The van der Waals surface area contributed by atoms with Crippen molar-refractivity contribution in [3.63, 3.8) is 0 Å². The van der Waals surface area contributed by atoms with Gasteiger partial charge in [-0.25, -0.2) is 13.4 Å². The predicted octanol–water partition coefficient (Wildman–Crippen LogP) is 3.11. The van der Waals surface area contributed by atoms with Crippen LogP contribution in [0.2, 0.25) is 0 Å². The number of ether oxygens (including phenoxy) is 2. The average molecular weight is 461 g/mol. The summed E-state index contributed by atoms with van der Waals surface area (Å²) in [4.78, 5) is 17.0. The van der Waals surface area contributed by atoms with Crippen molar-refractivity contribution in [2.24, 2.45) is 0 Å². The number of carbonyl (C=O) groups excluding carboxylic acids is 1. The molecule has 0 spiro atoms. The van der Waals surface area contributed by atoms with Crippen LogP contribution in [-0.2, 0) is 21.4 Å². The van der Waals surface area contributed by atoms with Gasteiger partial charge in [-0.15, -0.1) is 0 Å². The van der Waals surface area contributed by atoms with E-state index >= 15 is 0 Å². The van der Waals surface area contributed by atoms with E-state index in [0.29, 0.717) is 42.3 Å². The van der Waals surface area contributed by atoms with Crippen LogP contribution in [0.25, 0.3) is 11.0 Å². The van der Waals surface area contributed by atoms with Gasteiger partial charge in [0.05, 0.1) is 36.5 Å². The maximum atomic E-state index is 12.7. The lowest BCUT2D eigenvalue weighted by Gasteiger charge is -2.18. The van der Waals surface area contributed by atoms with E-state index in [0.717, 1.165) is 5.52 Å². The molecule has 2 aromatic carbocycles. The molecule has 0 aliphatic carbocycles. The van der Waals surface area contributed by atoms with Gasteiger partial charge in [-0.1, -0.05) is 13.8 Å². The van der Waals surface area contributed by atoms with Crippen molar-refractivity contribution in [3.8, 4) is 11.5 Å². The molecule has 0 aliphatic rings. The molecule has 0 atom stereocenters. The van der Waals surface area contributed by atoms with Crippen molar-refractivity contribution in [1.82, 2.24) is 13.9 Å². The summed E-state index contributed by atoms with van der Waals surface area (Å²) in [5.41, 5.74) is 1.91. The smallest absolute Gasteiger partial charge is 0.243 e. The summed E-state index contributed by atoms with van der Waals surface area (Å²) in [5.74, 6) is 0.981. The molecule has 172 valence electrons. The Morgan fingerprint density at radius 1 is 1.06 bits per heavy atom. The molecule has 1 aromatic heterocycles. The second kappa shape index (κ2) is 10.0. The molecule has 3 aromatic rings. The minimum Gasteiger partial charge on any atom is -0.497 e. The number of sulfonamides is 1. The van der Waals surface area contributed by atoms with Crippen LogP contribution in [0.3, 0.4) is 0 Å². The highest BCUT2D eigenvalue weighted by Crippen LogP contribution is 2.26. The Bertz CT molecular complexity index is 1180. The van der Waals surface area contributed by atoms with E-state index in [2.05, 4.69) is 10.3 Å². The topological polar surface area (TPSA) is 103 Å². The number of fused-ring (bicyclic) bond motifs is 1. The van der Waals surface area contributed by atoms with E-state index in [-0.39, 0.29) is 17.2 Å². The molecule has 0 bridgehead atoms. The van der Waals surface area contributed by atoms with Crippen LogP contribution in [0.1, 0.15) is 20.3 Å². The fraction of sp³-hybridized carbons (Fsp3) is 0.364. The average Bonchev–Trinajstić information content (AvgIpc) is 3.20. The van der Waals surface area contributed by atoms with E-state index in [1.165, 1.54) is 4.31 Å². The number of hydrogen-bond acceptors (Lipinski definition) is 6. The van der Waals surface area contributed by atoms with Crippen molar-refractivity contribution in [1.29, 1.82) is 0 Å². The van der Waals surface area contributed by atoms with Gasteiger partial charge in [-0.05, 0) is 18.2 Å². The quantitative estimate of drug-likeness (QED) is 0.499. The molecular formula is C22H28N4O5S. The van der Waals surface area contributed by atoms with Gasteiger partial charge < -0.3 is 19.4 Å². The SMILES string of the molecule is CCN(CC)S(=O)(=O)c1ccc2c(c1)ncn2CCC(=O)Nc1cc(OC)cc(OC)c1. The van der Waals surface area contributed by atoms with Gasteiger partial charge in [0.15, 0.2) is 0 Å². The van der Waals surface area contributed by atoms with Crippen LogP contribution in [0.5, 0.6) is 11.5 Å². The maximum absolute atomic E-state index is 12.7. The highest BCUT2D eigenvalue weighted by Gasteiger charge is 2.22. The Morgan fingerprint density at radius 3 is 2.31 bits per heavy atom. The first kappa shape index (κ1) is 23.6. The third kappa shape index (κ3) is 5.03. The van der Waals surface area contributed by atoms with Crippen LogP contribution in [-0.4, -0.2) is 55.5 Å². The number of nitrogens with one attached hydrogen (secondary N) is 1. The number of carbonyl (C=O) groups is 1. The summed E-state index contributed by atoms with van der Waals surface area (Å²) in [7, 11) is -0.466. The number of benzene rings is 2. The first-order valence-corrected chi connectivity index (χ1v) is 11.7. The number of nitrogens with zero attached hydrogens (tertiary/aromatic N) is 3. The molecule has 0 fully saturated rings. The maximum Gasteiger partial charge on any atom is 0.243 e. The highest BCUT2D eigenvalue weighted by atomic mass is 32.2. The Balaban J connectivity index is 1.71. The van der Waals surface area contributed by atoms with Gasteiger partial charge in [-0.2, -0.15) is 4.31 Å². The first-order valence-electron chi connectivity index (χ1n) is 10.3. The number of methoxy groups -OCH3 is 2. The summed E-state index contributed by atoms with van der Waals surface area (Å²) in [6.07, 6.45) is 1.82. The summed E-state index contributed by atoms with van der Waals surface area (Å²) in [6.45, 7) is 4.81. The van der Waals surface area contributed by atoms with Gasteiger partial charge in [0.25, 0.3) is 0 Å². The van der Waals surface area contributed by atoms with E-state index in [9.17, 15) is 13.2 Å². The molecule has 3 rings (SSSR count). The number of hydrogen-bond donors (Lipinski definition) is 1. The zero-order valence-electron chi connectivity index (χ0n) is 18.7. The number of anilines is 1. The van der Waals surface area contributed by atoms with Gasteiger partial charge in [0.1, 0.15) is 11.5 Å². The lowest BCUT2D eigenvalue weighted by atomic mass is 10.2. The van der Waals surface area contributed by atoms with Crippen LogP contribution < -0.4 is 14.8 Å². The van der Waals surface area contributed by atoms with Crippen molar-refractivity contribution >= 4 is 32.7 Å². The Morgan fingerprint density at radius 2 is 1.72 bits per heavy atom. The molecular weight excluding hydrogens is 432 g/mol. The van der Waals surface area contributed by atoms with Crippen molar-refractivity contribution in [3.05, 3.63) is 42.7 Å². The molecule has 0 unspecified atom stereocenters. The summed E-state index contributed by atoms with van der Waals surface area (Å²) < 4.78 is 39.2. The van der Waals surface area contributed by atoms with Gasteiger partial charge in [0, 0.05) is 49.9 Å². The summed E-state index contributed by atoms with van der Waals surface area (Å²) in [6, 6.07) is 10.0. The number of aromatic nitrogens is 2. The number of imidazole rings is 1. The zero-order chi connectivity index (χ0) is 23.3. The highest BCUT2D eigenvalue weighted by molar-refractivity contribution is 7.89. The predicted molar refractivity (Wildman–Crippen MR) is 123 cm³/mol. The van der Waals surface area contributed by atoms with E-state index in [1.54, 1.807) is 70.8 Å². The standard InChI is InChI=1S/C22H28N4O5S/c1-5-26(6-2)32(28,29)19-7-8-21-20(14-19)23-15-25(21)10-9-22(27)24-16-11-17(30-3)13-18(12-16)31-4/h7-8,11-15H,5-6,9-10H2,1-4H3,(H,24,27). The number of rotatable bonds is 10. The molecule has 0 saturated heterocycles. The molecule has 0 radical (unpaired) electrons. The molecule has 1 heterocycles. The normalized spacial score (nSPS) is 11.7. The van der Waals surface area contributed by atoms with E-state index in [4.69, 9.17) is 9.47 Å².